The SMILES string of the molecule is Oc1ccc(/C=C/c2nc3ccccc3[nH]2)cc1OC(F)F. The fraction of sp³-hybridized carbons (Fsp3) is 0.0625. The summed E-state index contributed by atoms with van der Waals surface area (Å²) in [7, 11) is 0. The Balaban J connectivity index is 1.85. The number of hydrogen-bond acceptors (Lipinski definition) is 3. The number of H-pyrrole nitrogens is 1. The third kappa shape index (κ3) is 3.06. The normalized spacial score (nSPS) is 11.6. The molecule has 0 radical (unpaired) electrons. The topological polar surface area (TPSA) is 58.1 Å². The van der Waals surface area contributed by atoms with Crippen molar-refractivity contribution >= 4 is 23.2 Å². The zero-order valence-electron chi connectivity index (χ0n) is 11.3. The molecule has 112 valence electrons. The van der Waals surface area contributed by atoms with Gasteiger partial charge in [-0.3, -0.25) is 0 Å². The summed E-state index contributed by atoms with van der Waals surface area (Å²) in [6.45, 7) is -2.99. The molecule has 6 heteroatoms. The van der Waals surface area contributed by atoms with Gasteiger partial charge in [-0.1, -0.05) is 24.3 Å². The lowest BCUT2D eigenvalue weighted by Gasteiger charge is -2.07. The Kier molecular flexibility index (Phi) is 3.74. The number of phenols is 1. The van der Waals surface area contributed by atoms with E-state index in [-0.39, 0.29) is 11.5 Å². The average molecular weight is 302 g/mol. The van der Waals surface area contributed by atoms with E-state index in [1.165, 1.54) is 12.1 Å². The lowest BCUT2D eigenvalue weighted by molar-refractivity contribution is -0.0512. The number of para-hydroxylation sites is 2. The molecule has 0 aliphatic rings. The number of ether oxygens (including phenoxy) is 1. The second-order valence-corrected chi connectivity index (χ2v) is 4.58. The molecule has 22 heavy (non-hydrogen) atoms. The molecule has 0 bridgehead atoms. The van der Waals surface area contributed by atoms with Crippen LogP contribution in [-0.2, 0) is 0 Å². The largest absolute Gasteiger partial charge is 0.504 e. The first kappa shape index (κ1) is 14.1. The van der Waals surface area contributed by atoms with Crippen molar-refractivity contribution in [3.63, 3.8) is 0 Å². The first-order valence-corrected chi connectivity index (χ1v) is 6.52. The van der Waals surface area contributed by atoms with Gasteiger partial charge in [0.25, 0.3) is 0 Å². The average Bonchev–Trinajstić information content (AvgIpc) is 2.90. The van der Waals surface area contributed by atoms with E-state index in [1.54, 1.807) is 18.2 Å². The van der Waals surface area contributed by atoms with Crippen molar-refractivity contribution in [3.05, 3.63) is 53.9 Å². The van der Waals surface area contributed by atoms with Gasteiger partial charge in [0.2, 0.25) is 0 Å². The summed E-state index contributed by atoms with van der Waals surface area (Å²) >= 11 is 0. The van der Waals surface area contributed by atoms with Crippen molar-refractivity contribution in [2.24, 2.45) is 0 Å². The molecule has 0 atom stereocenters. The van der Waals surface area contributed by atoms with E-state index >= 15 is 0 Å². The van der Waals surface area contributed by atoms with Gasteiger partial charge < -0.3 is 14.8 Å². The molecule has 1 heterocycles. The van der Waals surface area contributed by atoms with Crippen LogP contribution in [0.4, 0.5) is 8.78 Å². The van der Waals surface area contributed by atoms with Gasteiger partial charge in [-0.15, -0.1) is 0 Å². The molecule has 2 aromatic carbocycles. The van der Waals surface area contributed by atoms with Crippen LogP contribution in [0.15, 0.2) is 42.5 Å². The first-order chi connectivity index (χ1) is 10.6. The summed E-state index contributed by atoms with van der Waals surface area (Å²) < 4.78 is 28.7. The van der Waals surface area contributed by atoms with Crippen LogP contribution in [0.2, 0.25) is 0 Å². The number of aromatic amines is 1. The van der Waals surface area contributed by atoms with Crippen molar-refractivity contribution in [3.8, 4) is 11.5 Å². The quantitative estimate of drug-likeness (QED) is 0.764. The molecule has 0 unspecified atom stereocenters. The molecule has 1 aromatic heterocycles. The Morgan fingerprint density at radius 1 is 1.14 bits per heavy atom. The van der Waals surface area contributed by atoms with Crippen molar-refractivity contribution in [1.82, 2.24) is 9.97 Å². The number of benzene rings is 2. The fourth-order valence-corrected chi connectivity index (χ4v) is 2.05. The van der Waals surface area contributed by atoms with Gasteiger partial charge in [-0.25, -0.2) is 4.98 Å². The van der Waals surface area contributed by atoms with E-state index in [9.17, 15) is 13.9 Å². The number of imidazole rings is 1. The molecule has 0 saturated carbocycles. The fourth-order valence-electron chi connectivity index (χ4n) is 2.05. The Morgan fingerprint density at radius 3 is 2.73 bits per heavy atom. The lowest BCUT2D eigenvalue weighted by atomic mass is 10.2. The van der Waals surface area contributed by atoms with Gasteiger partial charge in [0.1, 0.15) is 5.82 Å². The molecular weight excluding hydrogens is 290 g/mol. The minimum Gasteiger partial charge on any atom is -0.504 e. The van der Waals surface area contributed by atoms with Crippen molar-refractivity contribution in [2.45, 2.75) is 6.61 Å². The van der Waals surface area contributed by atoms with E-state index in [0.29, 0.717) is 11.4 Å². The van der Waals surface area contributed by atoms with Crippen molar-refractivity contribution in [2.75, 3.05) is 0 Å². The number of rotatable bonds is 4. The number of phenolic OH excluding ortho intramolecular Hbond substituents is 1. The van der Waals surface area contributed by atoms with E-state index in [4.69, 9.17) is 0 Å². The van der Waals surface area contributed by atoms with Crippen molar-refractivity contribution < 1.29 is 18.6 Å². The van der Waals surface area contributed by atoms with Crippen LogP contribution in [-0.4, -0.2) is 21.7 Å². The van der Waals surface area contributed by atoms with E-state index in [1.807, 2.05) is 24.3 Å². The number of hydrogen-bond donors (Lipinski definition) is 2. The number of aromatic nitrogens is 2. The summed E-state index contributed by atoms with van der Waals surface area (Å²) in [6, 6.07) is 11.8. The Bertz CT molecular complexity index is 795. The van der Waals surface area contributed by atoms with Gasteiger partial charge >= 0.3 is 6.61 Å². The zero-order chi connectivity index (χ0) is 15.5. The van der Waals surface area contributed by atoms with E-state index in [0.717, 1.165) is 11.0 Å². The number of aromatic hydroxyl groups is 1. The van der Waals surface area contributed by atoms with Gasteiger partial charge in [-0.05, 0) is 35.9 Å². The number of fused-ring (bicyclic) bond motifs is 1. The predicted molar refractivity (Wildman–Crippen MR) is 79.8 cm³/mol. The molecule has 0 spiro atoms. The highest BCUT2D eigenvalue weighted by atomic mass is 19.3. The molecule has 0 fully saturated rings. The van der Waals surface area contributed by atoms with Crippen LogP contribution in [0.3, 0.4) is 0 Å². The second-order valence-electron chi connectivity index (χ2n) is 4.58. The summed E-state index contributed by atoms with van der Waals surface area (Å²) in [4.78, 5) is 7.50. The first-order valence-electron chi connectivity index (χ1n) is 6.52. The standard InChI is InChI=1S/C16H12F2N2O2/c17-16(18)22-14-9-10(5-7-13(14)21)6-8-15-19-11-3-1-2-4-12(11)20-15/h1-9,16,21H,(H,19,20)/b8-6+. The Labute approximate surface area is 124 Å². The van der Waals surface area contributed by atoms with Crippen LogP contribution in [0.25, 0.3) is 23.2 Å². The lowest BCUT2D eigenvalue weighted by Crippen LogP contribution is -2.02. The number of alkyl halides is 2. The van der Waals surface area contributed by atoms with Crippen LogP contribution in [0.5, 0.6) is 11.5 Å². The number of nitrogens with zero attached hydrogens (tertiary/aromatic N) is 1. The van der Waals surface area contributed by atoms with Gasteiger partial charge in [0.05, 0.1) is 11.0 Å². The van der Waals surface area contributed by atoms with Gasteiger partial charge in [0.15, 0.2) is 11.5 Å². The molecule has 3 aromatic rings. The molecule has 0 aliphatic carbocycles. The maximum absolute atomic E-state index is 12.2. The van der Waals surface area contributed by atoms with Crippen LogP contribution < -0.4 is 4.74 Å². The summed E-state index contributed by atoms with van der Waals surface area (Å²) in [5.74, 6) is 0.0496. The molecule has 3 rings (SSSR count). The highest BCUT2D eigenvalue weighted by Gasteiger charge is 2.09. The zero-order valence-corrected chi connectivity index (χ0v) is 11.3. The minimum absolute atomic E-state index is 0.262. The highest BCUT2D eigenvalue weighted by molar-refractivity contribution is 5.78. The number of nitrogens with one attached hydrogen (secondary N) is 1. The van der Waals surface area contributed by atoms with Crippen LogP contribution in [0, 0.1) is 0 Å². The monoisotopic (exact) mass is 302 g/mol. The maximum atomic E-state index is 12.2. The van der Waals surface area contributed by atoms with Crippen LogP contribution >= 0.6 is 0 Å². The smallest absolute Gasteiger partial charge is 0.387 e. The maximum Gasteiger partial charge on any atom is 0.387 e. The summed E-state index contributed by atoms with van der Waals surface area (Å²) in [6.07, 6.45) is 3.41. The van der Waals surface area contributed by atoms with E-state index in [2.05, 4.69) is 14.7 Å². The molecule has 2 N–H and O–H groups in total. The van der Waals surface area contributed by atoms with Gasteiger partial charge in [0, 0.05) is 0 Å². The molecule has 0 aliphatic heterocycles. The highest BCUT2D eigenvalue weighted by Crippen LogP contribution is 2.29. The van der Waals surface area contributed by atoms with Crippen LogP contribution in [0.1, 0.15) is 11.4 Å². The van der Waals surface area contributed by atoms with E-state index < -0.39 is 6.61 Å². The summed E-state index contributed by atoms with van der Waals surface area (Å²) in [5.41, 5.74) is 2.36. The third-order valence-corrected chi connectivity index (χ3v) is 3.04. The molecular formula is C16H12F2N2O2. The van der Waals surface area contributed by atoms with Crippen molar-refractivity contribution in [1.29, 1.82) is 0 Å². The minimum atomic E-state index is -2.99. The molecule has 0 amide bonds. The van der Waals surface area contributed by atoms with Gasteiger partial charge in [-0.2, -0.15) is 8.78 Å². The Hall–Kier alpha value is -2.89. The number of halogens is 2. The Morgan fingerprint density at radius 2 is 1.95 bits per heavy atom. The molecule has 4 nitrogen and oxygen atoms in total. The second kappa shape index (κ2) is 5.85. The third-order valence-electron chi connectivity index (χ3n) is 3.04. The molecule has 0 saturated heterocycles. The predicted octanol–water partition coefficient (Wildman–Crippen LogP) is 4.04. The summed E-state index contributed by atoms with van der Waals surface area (Å²) in [5, 5.41) is 9.46.